The van der Waals surface area contributed by atoms with Gasteiger partial charge in [0.05, 0.1) is 16.1 Å². The minimum Gasteiger partial charge on any atom is -0.359 e. The number of tetrazole rings is 1. The monoisotopic (exact) mass is 281 g/mol. The molecule has 90 valence electrons. The van der Waals surface area contributed by atoms with Crippen LogP contribution >= 0.6 is 23.2 Å². The number of nitrogens with one attached hydrogen (secondary N) is 2. The number of hydrogen-bond acceptors (Lipinski definition) is 4. The third-order valence-electron chi connectivity index (χ3n) is 2.49. The van der Waals surface area contributed by atoms with E-state index in [-0.39, 0.29) is 11.3 Å². The molecule has 2 aromatic heterocycles. The fraction of sp³-hybridized carbons (Fsp3) is 0. The van der Waals surface area contributed by atoms with Crippen LogP contribution in [0, 0.1) is 0 Å². The first-order valence-electron chi connectivity index (χ1n) is 4.91. The Kier molecular flexibility index (Phi) is 2.53. The highest BCUT2D eigenvalue weighted by molar-refractivity contribution is 6.38. The molecule has 8 heteroatoms. The minimum atomic E-state index is -0.255. The summed E-state index contributed by atoms with van der Waals surface area (Å²) in [6, 6.07) is 3.11. The molecule has 3 aromatic rings. The summed E-state index contributed by atoms with van der Waals surface area (Å²) >= 11 is 11.9. The fourth-order valence-electron chi connectivity index (χ4n) is 1.70. The van der Waals surface area contributed by atoms with Gasteiger partial charge in [-0.1, -0.05) is 23.2 Å². The van der Waals surface area contributed by atoms with E-state index in [1.54, 1.807) is 12.1 Å². The minimum absolute atomic E-state index is 0.217. The van der Waals surface area contributed by atoms with E-state index in [9.17, 15) is 4.79 Å². The second-order valence-electron chi connectivity index (χ2n) is 3.58. The fourth-order valence-corrected chi connectivity index (χ4v) is 2.24. The van der Waals surface area contributed by atoms with Crippen LogP contribution < -0.4 is 5.43 Å². The molecule has 0 atom stereocenters. The number of rotatable bonds is 1. The molecule has 3 rings (SSSR count). The van der Waals surface area contributed by atoms with Crippen molar-refractivity contribution in [3.8, 4) is 11.4 Å². The molecule has 0 saturated heterocycles. The lowest BCUT2D eigenvalue weighted by atomic mass is 10.1. The van der Waals surface area contributed by atoms with Gasteiger partial charge in [0.1, 0.15) is 0 Å². The van der Waals surface area contributed by atoms with Gasteiger partial charge < -0.3 is 4.98 Å². The molecular formula is C10H5Cl2N5O. The van der Waals surface area contributed by atoms with Crippen LogP contribution in [0.2, 0.25) is 10.0 Å². The Labute approximate surface area is 110 Å². The number of pyridine rings is 1. The van der Waals surface area contributed by atoms with Crippen molar-refractivity contribution in [3.05, 3.63) is 38.6 Å². The Bertz CT molecular complexity index is 781. The molecule has 0 aliphatic heterocycles. The summed E-state index contributed by atoms with van der Waals surface area (Å²) in [5.74, 6) is 0.217. The van der Waals surface area contributed by atoms with Gasteiger partial charge in [0.15, 0.2) is 0 Å². The highest BCUT2D eigenvalue weighted by atomic mass is 35.5. The molecule has 2 heterocycles. The van der Waals surface area contributed by atoms with Gasteiger partial charge in [-0.2, -0.15) is 5.21 Å². The van der Waals surface area contributed by atoms with Gasteiger partial charge in [-0.3, -0.25) is 4.79 Å². The Hall–Kier alpha value is -1.92. The summed E-state index contributed by atoms with van der Waals surface area (Å²) in [4.78, 5) is 15.2. The molecule has 1 aromatic carbocycles. The zero-order valence-corrected chi connectivity index (χ0v) is 10.2. The summed E-state index contributed by atoms with van der Waals surface area (Å²) in [6.07, 6.45) is 1.50. The summed E-state index contributed by atoms with van der Waals surface area (Å²) in [6.45, 7) is 0. The molecule has 0 spiro atoms. The zero-order chi connectivity index (χ0) is 12.7. The van der Waals surface area contributed by atoms with Crippen molar-refractivity contribution in [1.29, 1.82) is 0 Å². The number of benzene rings is 1. The smallest absolute Gasteiger partial charge is 0.210 e. The molecule has 0 saturated carbocycles. The van der Waals surface area contributed by atoms with Crippen molar-refractivity contribution < 1.29 is 0 Å². The third-order valence-corrected chi connectivity index (χ3v) is 3.01. The van der Waals surface area contributed by atoms with Gasteiger partial charge in [-0.25, -0.2) is 0 Å². The van der Waals surface area contributed by atoms with Crippen molar-refractivity contribution >= 4 is 34.1 Å². The van der Waals surface area contributed by atoms with E-state index in [4.69, 9.17) is 23.2 Å². The number of aromatic nitrogens is 5. The number of nitrogens with zero attached hydrogens (tertiary/aromatic N) is 3. The lowest BCUT2D eigenvalue weighted by Gasteiger charge is -2.03. The number of fused-ring (bicyclic) bond motifs is 1. The highest BCUT2D eigenvalue weighted by Crippen LogP contribution is 2.25. The summed E-state index contributed by atoms with van der Waals surface area (Å²) in [7, 11) is 0. The molecule has 18 heavy (non-hydrogen) atoms. The molecule has 0 bridgehead atoms. The van der Waals surface area contributed by atoms with E-state index in [1.807, 2.05) is 0 Å². The molecule has 0 radical (unpaired) electrons. The quantitative estimate of drug-likeness (QED) is 0.714. The largest absolute Gasteiger partial charge is 0.359 e. The van der Waals surface area contributed by atoms with Gasteiger partial charge >= 0.3 is 0 Å². The average Bonchev–Trinajstić information content (AvgIpc) is 2.84. The first-order valence-corrected chi connectivity index (χ1v) is 5.66. The van der Waals surface area contributed by atoms with Crippen molar-refractivity contribution in [2.75, 3.05) is 0 Å². The molecule has 0 unspecified atom stereocenters. The molecule has 6 nitrogen and oxygen atoms in total. The Balaban J connectivity index is 2.40. The molecule has 2 N–H and O–H groups in total. The zero-order valence-electron chi connectivity index (χ0n) is 8.74. The molecule has 0 aliphatic carbocycles. The summed E-state index contributed by atoms with van der Waals surface area (Å²) in [5, 5.41) is 14.4. The van der Waals surface area contributed by atoms with E-state index in [0.717, 1.165) is 0 Å². The Morgan fingerprint density at radius 1 is 1.22 bits per heavy atom. The standard InChI is InChI=1S/C10H5Cl2N5O/c11-4-1-5-8(7(12)2-4)13-3-6(9(5)18)10-14-16-17-15-10/h1-3H,(H,13,18)(H,14,15,16,17). The van der Waals surface area contributed by atoms with Gasteiger partial charge in [0.2, 0.25) is 11.3 Å². The SMILES string of the molecule is O=c1c(-c2nn[nH]n2)c[nH]c2c(Cl)cc(Cl)cc12. The predicted octanol–water partition coefficient (Wildman–Crippen LogP) is 2.01. The second kappa shape index (κ2) is 4.08. The van der Waals surface area contributed by atoms with Crippen molar-refractivity contribution in [3.63, 3.8) is 0 Å². The van der Waals surface area contributed by atoms with Gasteiger partial charge in [-0.05, 0) is 17.3 Å². The van der Waals surface area contributed by atoms with E-state index >= 15 is 0 Å². The Morgan fingerprint density at radius 2 is 2.06 bits per heavy atom. The number of halogens is 2. The highest BCUT2D eigenvalue weighted by Gasteiger charge is 2.13. The van der Waals surface area contributed by atoms with Crippen LogP contribution in [0.3, 0.4) is 0 Å². The van der Waals surface area contributed by atoms with Crippen molar-refractivity contribution in [2.24, 2.45) is 0 Å². The van der Waals surface area contributed by atoms with Crippen molar-refractivity contribution in [2.45, 2.75) is 0 Å². The van der Waals surface area contributed by atoms with E-state index in [0.29, 0.717) is 26.5 Å². The van der Waals surface area contributed by atoms with Gasteiger partial charge in [-0.15, -0.1) is 10.2 Å². The average molecular weight is 282 g/mol. The Morgan fingerprint density at radius 3 is 2.78 bits per heavy atom. The maximum absolute atomic E-state index is 12.3. The third kappa shape index (κ3) is 1.66. The van der Waals surface area contributed by atoms with Gasteiger partial charge in [0.25, 0.3) is 0 Å². The summed E-state index contributed by atoms with van der Waals surface area (Å²) < 4.78 is 0. The predicted molar refractivity (Wildman–Crippen MR) is 67.8 cm³/mol. The van der Waals surface area contributed by atoms with E-state index in [1.165, 1.54) is 6.20 Å². The summed E-state index contributed by atoms with van der Waals surface area (Å²) in [5.41, 5.74) is 0.572. The molecule has 0 aliphatic rings. The lowest BCUT2D eigenvalue weighted by molar-refractivity contribution is 0.881. The molecule has 0 amide bonds. The van der Waals surface area contributed by atoms with Crippen LogP contribution in [0.5, 0.6) is 0 Å². The maximum atomic E-state index is 12.3. The van der Waals surface area contributed by atoms with Crippen LogP contribution in [-0.4, -0.2) is 25.6 Å². The van der Waals surface area contributed by atoms with Crippen LogP contribution in [0.1, 0.15) is 0 Å². The normalized spacial score (nSPS) is 11.0. The maximum Gasteiger partial charge on any atom is 0.210 e. The van der Waals surface area contributed by atoms with Crippen LogP contribution in [0.4, 0.5) is 0 Å². The van der Waals surface area contributed by atoms with Crippen LogP contribution in [0.25, 0.3) is 22.3 Å². The number of H-pyrrole nitrogens is 2. The first kappa shape index (κ1) is 11.2. The lowest BCUT2D eigenvalue weighted by Crippen LogP contribution is -2.07. The van der Waals surface area contributed by atoms with E-state index < -0.39 is 0 Å². The topological polar surface area (TPSA) is 87.3 Å². The second-order valence-corrected chi connectivity index (χ2v) is 4.42. The van der Waals surface area contributed by atoms with Crippen molar-refractivity contribution in [1.82, 2.24) is 25.6 Å². The van der Waals surface area contributed by atoms with E-state index in [2.05, 4.69) is 25.6 Å². The molecular weight excluding hydrogens is 277 g/mol. The van der Waals surface area contributed by atoms with Gasteiger partial charge in [0, 0.05) is 16.6 Å². The van der Waals surface area contributed by atoms with Crippen LogP contribution in [0.15, 0.2) is 23.1 Å². The van der Waals surface area contributed by atoms with Crippen LogP contribution in [-0.2, 0) is 0 Å². The number of hydrogen-bond donors (Lipinski definition) is 2. The first-order chi connectivity index (χ1) is 8.66. The molecule has 0 fully saturated rings. The number of aromatic amines is 2.